The molecule has 2 N–H and O–H groups in total. The molecule has 162 valence electrons. The van der Waals surface area contributed by atoms with Crippen molar-refractivity contribution in [1.29, 1.82) is 0 Å². The van der Waals surface area contributed by atoms with Gasteiger partial charge in [0, 0.05) is 11.8 Å². The summed E-state index contributed by atoms with van der Waals surface area (Å²) < 4.78 is 1.80. The van der Waals surface area contributed by atoms with Gasteiger partial charge in [0.05, 0.1) is 44.0 Å². The number of nitrogens with zero attached hydrogens (tertiary/aromatic N) is 3. The minimum absolute atomic E-state index is 0.0214. The molecule has 6 nitrogen and oxygen atoms in total. The van der Waals surface area contributed by atoms with E-state index in [9.17, 15) is 9.90 Å². The Labute approximate surface area is 183 Å². The molecule has 1 aliphatic rings. The van der Waals surface area contributed by atoms with E-state index in [0.717, 1.165) is 30.9 Å². The van der Waals surface area contributed by atoms with Crippen molar-refractivity contribution in [3.8, 4) is 16.9 Å². The van der Waals surface area contributed by atoms with Gasteiger partial charge >= 0.3 is 0 Å². The number of rotatable bonds is 6. The number of aliphatic hydroxyl groups is 1. The molecule has 1 aromatic heterocycles. The van der Waals surface area contributed by atoms with Crippen LogP contribution in [0.2, 0.25) is 0 Å². The second-order valence-corrected chi connectivity index (χ2v) is 8.46. The van der Waals surface area contributed by atoms with E-state index in [1.807, 2.05) is 41.4 Å². The third-order valence-electron chi connectivity index (χ3n) is 6.04. The van der Waals surface area contributed by atoms with Gasteiger partial charge in [0.2, 0.25) is 0 Å². The molecule has 0 unspecified atom stereocenters. The van der Waals surface area contributed by atoms with E-state index in [0.29, 0.717) is 30.3 Å². The van der Waals surface area contributed by atoms with Crippen LogP contribution in [0.4, 0.5) is 0 Å². The van der Waals surface area contributed by atoms with Crippen molar-refractivity contribution < 1.29 is 14.8 Å². The molecule has 1 aliphatic heterocycles. The summed E-state index contributed by atoms with van der Waals surface area (Å²) in [5.41, 5.74) is 4.49. The zero-order valence-electron chi connectivity index (χ0n) is 18.3. The fourth-order valence-corrected chi connectivity index (χ4v) is 4.09. The molecular weight excluding hydrogens is 388 g/mol. The normalized spacial score (nSPS) is 14.9. The first kappa shape index (κ1) is 21.3. The summed E-state index contributed by atoms with van der Waals surface area (Å²) in [4.78, 5) is 16.8. The molecule has 0 saturated carbocycles. The summed E-state index contributed by atoms with van der Waals surface area (Å²) in [6.45, 7) is 8.37. The second-order valence-electron chi connectivity index (χ2n) is 8.46. The van der Waals surface area contributed by atoms with Gasteiger partial charge in [-0.2, -0.15) is 5.10 Å². The summed E-state index contributed by atoms with van der Waals surface area (Å²) >= 11 is 0. The maximum absolute atomic E-state index is 13.5. The van der Waals surface area contributed by atoms with Crippen molar-refractivity contribution in [2.75, 3.05) is 39.3 Å². The summed E-state index contributed by atoms with van der Waals surface area (Å²) in [5, 5.41) is 14.0. The summed E-state index contributed by atoms with van der Waals surface area (Å²) in [7, 11) is 0. The number of piperazine rings is 1. The Hall–Kier alpha value is -2.96. The molecule has 1 fully saturated rings. The first-order valence-corrected chi connectivity index (χ1v) is 11.1. The maximum atomic E-state index is 13.5. The van der Waals surface area contributed by atoms with Crippen molar-refractivity contribution in [1.82, 2.24) is 14.7 Å². The van der Waals surface area contributed by atoms with E-state index < -0.39 is 0 Å². The highest BCUT2D eigenvalue weighted by Crippen LogP contribution is 2.27. The summed E-state index contributed by atoms with van der Waals surface area (Å²) in [6.07, 6.45) is 1.86. The number of carbonyl (C=O) groups excluding carboxylic acids is 1. The lowest BCUT2D eigenvalue weighted by molar-refractivity contribution is -0.904. The third-order valence-corrected chi connectivity index (χ3v) is 6.04. The van der Waals surface area contributed by atoms with E-state index in [1.54, 1.807) is 4.68 Å². The van der Waals surface area contributed by atoms with Crippen molar-refractivity contribution >= 4 is 5.91 Å². The number of nitrogens with one attached hydrogen (secondary N) is 1. The standard InChI is InChI=1S/C25H30N4O2/c1-19(2)20-8-10-21(11-9-20)24-23(18-29(26-24)22-6-4-3-5-7-22)25(31)28-14-12-27(13-15-28)16-17-30/h3-11,18-19,30H,12-17H2,1-2H3/p+1. The second kappa shape index (κ2) is 9.45. The molecule has 4 rings (SSSR count). The number of aliphatic hydroxyl groups excluding tert-OH is 1. The van der Waals surface area contributed by atoms with E-state index in [1.165, 1.54) is 10.5 Å². The maximum Gasteiger partial charge on any atom is 0.258 e. The fourth-order valence-electron chi connectivity index (χ4n) is 4.09. The Balaban J connectivity index is 1.67. The van der Waals surface area contributed by atoms with Gasteiger partial charge in [-0.1, -0.05) is 56.3 Å². The Morgan fingerprint density at radius 1 is 1.06 bits per heavy atom. The number of hydrogen-bond acceptors (Lipinski definition) is 3. The highest BCUT2D eigenvalue weighted by molar-refractivity contribution is 6.00. The Morgan fingerprint density at radius 2 is 1.74 bits per heavy atom. The largest absolute Gasteiger partial charge is 0.391 e. The zero-order valence-corrected chi connectivity index (χ0v) is 18.3. The highest BCUT2D eigenvalue weighted by atomic mass is 16.3. The average molecular weight is 420 g/mol. The molecule has 6 heteroatoms. The van der Waals surface area contributed by atoms with Gasteiger partial charge in [0.15, 0.2) is 0 Å². The molecule has 0 aliphatic carbocycles. The van der Waals surface area contributed by atoms with E-state index in [-0.39, 0.29) is 12.5 Å². The summed E-state index contributed by atoms with van der Waals surface area (Å²) in [5.74, 6) is 0.475. The lowest BCUT2D eigenvalue weighted by Crippen LogP contribution is -3.15. The van der Waals surface area contributed by atoms with Gasteiger partial charge in [-0.25, -0.2) is 4.68 Å². The molecule has 0 radical (unpaired) electrons. The average Bonchev–Trinajstić information content (AvgIpc) is 3.25. The molecule has 1 saturated heterocycles. The number of quaternary nitrogens is 1. The number of para-hydroxylation sites is 1. The van der Waals surface area contributed by atoms with Crippen LogP contribution in [0.5, 0.6) is 0 Å². The van der Waals surface area contributed by atoms with Gasteiger partial charge in [-0.15, -0.1) is 0 Å². The third kappa shape index (κ3) is 4.70. The molecule has 31 heavy (non-hydrogen) atoms. The Bertz CT molecular complexity index is 1000. The van der Waals surface area contributed by atoms with E-state index in [4.69, 9.17) is 5.10 Å². The van der Waals surface area contributed by atoms with Crippen LogP contribution in [0.1, 0.15) is 35.7 Å². The molecule has 0 spiro atoms. The van der Waals surface area contributed by atoms with Gasteiger partial charge < -0.3 is 14.9 Å². The fraction of sp³-hybridized carbons (Fsp3) is 0.360. The predicted octanol–water partition coefficient (Wildman–Crippen LogP) is 2.00. The van der Waals surface area contributed by atoms with Crippen LogP contribution in [0.3, 0.4) is 0 Å². The van der Waals surface area contributed by atoms with E-state index >= 15 is 0 Å². The van der Waals surface area contributed by atoms with Crippen LogP contribution in [0.25, 0.3) is 16.9 Å². The van der Waals surface area contributed by atoms with Crippen molar-refractivity contribution in [2.24, 2.45) is 0 Å². The van der Waals surface area contributed by atoms with Crippen LogP contribution < -0.4 is 4.90 Å². The smallest absolute Gasteiger partial charge is 0.258 e. The first-order valence-electron chi connectivity index (χ1n) is 11.1. The van der Waals surface area contributed by atoms with Crippen molar-refractivity contribution in [3.05, 3.63) is 71.9 Å². The molecule has 0 bridgehead atoms. The van der Waals surface area contributed by atoms with Gasteiger partial charge in [-0.3, -0.25) is 4.79 Å². The lowest BCUT2D eigenvalue weighted by atomic mass is 9.99. The zero-order chi connectivity index (χ0) is 21.8. The Kier molecular flexibility index (Phi) is 6.49. The summed E-state index contributed by atoms with van der Waals surface area (Å²) in [6, 6.07) is 18.3. The molecule has 3 aromatic rings. The van der Waals surface area contributed by atoms with Crippen molar-refractivity contribution in [3.63, 3.8) is 0 Å². The van der Waals surface area contributed by atoms with Gasteiger partial charge in [0.25, 0.3) is 5.91 Å². The molecule has 0 atom stereocenters. The molecule has 2 aromatic carbocycles. The van der Waals surface area contributed by atoms with Crippen LogP contribution >= 0.6 is 0 Å². The predicted molar refractivity (Wildman–Crippen MR) is 122 cm³/mol. The van der Waals surface area contributed by atoms with Gasteiger partial charge in [-0.05, 0) is 23.6 Å². The SMILES string of the molecule is CC(C)c1ccc(-c2nn(-c3ccccc3)cc2C(=O)N2CC[NH+](CCO)CC2)cc1. The first-order chi connectivity index (χ1) is 15.1. The van der Waals surface area contributed by atoms with E-state index in [2.05, 4.69) is 38.1 Å². The van der Waals surface area contributed by atoms with Gasteiger partial charge in [0.1, 0.15) is 12.2 Å². The quantitative estimate of drug-likeness (QED) is 0.642. The van der Waals surface area contributed by atoms with Crippen LogP contribution in [-0.4, -0.2) is 65.0 Å². The van der Waals surface area contributed by atoms with Crippen molar-refractivity contribution in [2.45, 2.75) is 19.8 Å². The number of carbonyl (C=O) groups is 1. The molecule has 1 amide bonds. The number of amides is 1. The van der Waals surface area contributed by atoms with Crippen LogP contribution in [-0.2, 0) is 0 Å². The molecular formula is C25H31N4O2+. The Morgan fingerprint density at radius 3 is 2.35 bits per heavy atom. The van der Waals surface area contributed by atoms with Crippen LogP contribution in [0.15, 0.2) is 60.8 Å². The molecule has 2 heterocycles. The highest BCUT2D eigenvalue weighted by Gasteiger charge is 2.28. The number of benzene rings is 2. The minimum atomic E-state index is 0.0214. The topological polar surface area (TPSA) is 62.8 Å². The minimum Gasteiger partial charge on any atom is -0.391 e. The number of hydrogen-bond donors (Lipinski definition) is 2. The lowest BCUT2D eigenvalue weighted by Gasteiger charge is -2.31. The van der Waals surface area contributed by atoms with Crippen LogP contribution in [0, 0.1) is 0 Å². The monoisotopic (exact) mass is 419 g/mol. The number of aromatic nitrogens is 2.